The van der Waals surface area contributed by atoms with Gasteiger partial charge in [0.2, 0.25) is 0 Å². The Morgan fingerprint density at radius 2 is 1.82 bits per heavy atom. The van der Waals surface area contributed by atoms with E-state index in [0.29, 0.717) is 18.6 Å². The standard InChI is InChI=1S/C30H32F2N4O3/c1-4-38-28(37)30(3)13-15-35(16-14-30)26-11-9-22(18-33-26)23-10-12-27-34-20(2)24(36(27)19-23)17-21-7-5-6-8-25(21)39-29(31)32/h5-12,18-19,29H,4,13-17H2,1-3H3. The van der Waals surface area contributed by atoms with Gasteiger partial charge in [0.25, 0.3) is 0 Å². The average molecular weight is 535 g/mol. The molecule has 0 atom stereocenters. The Labute approximate surface area is 226 Å². The van der Waals surface area contributed by atoms with Crippen LogP contribution in [0.5, 0.6) is 5.75 Å². The van der Waals surface area contributed by atoms with Gasteiger partial charge < -0.3 is 18.8 Å². The van der Waals surface area contributed by atoms with Crippen LogP contribution in [0.15, 0.2) is 60.9 Å². The van der Waals surface area contributed by atoms with E-state index in [0.717, 1.165) is 59.9 Å². The van der Waals surface area contributed by atoms with Gasteiger partial charge in [-0.3, -0.25) is 4.79 Å². The molecule has 0 spiro atoms. The molecule has 9 heteroatoms. The summed E-state index contributed by atoms with van der Waals surface area (Å²) in [6.07, 6.45) is 5.70. The van der Waals surface area contributed by atoms with E-state index in [-0.39, 0.29) is 11.7 Å². The first-order valence-electron chi connectivity index (χ1n) is 13.2. The van der Waals surface area contributed by atoms with Crippen molar-refractivity contribution in [1.82, 2.24) is 14.4 Å². The normalized spacial score (nSPS) is 15.1. The number of benzene rings is 1. The number of hydrogen-bond acceptors (Lipinski definition) is 6. The first-order valence-corrected chi connectivity index (χ1v) is 13.2. The highest BCUT2D eigenvalue weighted by atomic mass is 19.3. The summed E-state index contributed by atoms with van der Waals surface area (Å²) in [6.45, 7) is 4.71. The number of aromatic nitrogens is 3. The molecule has 4 aromatic rings. The third kappa shape index (κ3) is 5.57. The minimum atomic E-state index is -2.89. The first kappa shape index (κ1) is 26.6. The molecule has 0 unspecified atom stereocenters. The van der Waals surface area contributed by atoms with Crippen molar-refractivity contribution in [1.29, 1.82) is 0 Å². The molecule has 1 saturated heterocycles. The second-order valence-electron chi connectivity index (χ2n) is 10.1. The highest BCUT2D eigenvalue weighted by Gasteiger charge is 2.38. The third-order valence-corrected chi connectivity index (χ3v) is 7.50. The Hall–Kier alpha value is -4.01. The van der Waals surface area contributed by atoms with Crippen LogP contribution >= 0.6 is 0 Å². The lowest BCUT2D eigenvalue weighted by molar-refractivity contribution is -0.155. The first-order chi connectivity index (χ1) is 18.8. The van der Waals surface area contributed by atoms with Crippen LogP contribution in [-0.2, 0) is 16.0 Å². The van der Waals surface area contributed by atoms with Crippen molar-refractivity contribution in [3.8, 4) is 16.9 Å². The maximum absolute atomic E-state index is 12.9. The molecular formula is C30H32F2N4O3. The molecule has 7 nitrogen and oxygen atoms in total. The zero-order valence-corrected chi connectivity index (χ0v) is 22.4. The van der Waals surface area contributed by atoms with E-state index in [1.54, 1.807) is 18.2 Å². The molecule has 4 heterocycles. The molecule has 1 aliphatic heterocycles. The summed E-state index contributed by atoms with van der Waals surface area (Å²) in [4.78, 5) is 23.9. The van der Waals surface area contributed by atoms with Gasteiger partial charge in [0, 0.05) is 54.3 Å². The van der Waals surface area contributed by atoms with E-state index in [2.05, 4.69) is 9.88 Å². The van der Waals surface area contributed by atoms with Gasteiger partial charge >= 0.3 is 12.6 Å². The fourth-order valence-corrected chi connectivity index (χ4v) is 5.12. The molecule has 204 valence electrons. The van der Waals surface area contributed by atoms with E-state index in [1.807, 2.05) is 67.9 Å². The number of carbonyl (C=O) groups excluding carboxylic acids is 1. The van der Waals surface area contributed by atoms with Crippen LogP contribution in [0.2, 0.25) is 0 Å². The summed E-state index contributed by atoms with van der Waals surface area (Å²) in [5.74, 6) is 0.918. The van der Waals surface area contributed by atoms with Crippen LogP contribution in [0.3, 0.4) is 0 Å². The van der Waals surface area contributed by atoms with Crippen molar-refractivity contribution in [2.24, 2.45) is 5.41 Å². The van der Waals surface area contributed by atoms with Crippen molar-refractivity contribution < 1.29 is 23.0 Å². The molecule has 0 N–H and O–H groups in total. The van der Waals surface area contributed by atoms with Gasteiger partial charge in [-0.2, -0.15) is 8.78 Å². The molecule has 39 heavy (non-hydrogen) atoms. The highest BCUT2D eigenvalue weighted by molar-refractivity contribution is 5.77. The molecule has 0 aliphatic carbocycles. The molecule has 1 aliphatic rings. The summed E-state index contributed by atoms with van der Waals surface area (Å²) >= 11 is 0. The van der Waals surface area contributed by atoms with E-state index in [1.165, 1.54) is 0 Å². The number of piperidine rings is 1. The fraction of sp³-hybridized carbons (Fsp3) is 0.367. The maximum atomic E-state index is 12.9. The molecule has 0 amide bonds. The fourth-order valence-electron chi connectivity index (χ4n) is 5.12. The number of esters is 1. The molecule has 3 aromatic heterocycles. The Morgan fingerprint density at radius 1 is 1.08 bits per heavy atom. The second-order valence-corrected chi connectivity index (χ2v) is 10.1. The number of nitrogens with zero attached hydrogens (tertiary/aromatic N) is 4. The molecule has 0 bridgehead atoms. The lowest BCUT2D eigenvalue weighted by atomic mass is 9.80. The van der Waals surface area contributed by atoms with Crippen molar-refractivity contribution >= 4 is 17.4 Å². The predicted octanol–water partition coefficient (Wildman–Crippen LogP) is 6.07. The molecule has 5 rings (SSSR count). The number of imidazole rings is 1. The van der Waals surface area contributed by atoms with Crippen molar-refractivity contribution in [3.63, 3.8) is 0 Å². The Kier molecular flexibility index (Phi) is 7.50. The zero-order valence-electron chi connectivity index (χ0n) is 22.4. The SMILES string of the molecule is CCOC(=O)C1(C)CCN(c2ccc(-c3ccc4nc(C)c(Cc5ccccc5OC(F)F)n4c3)cn2)CC1. The van der Waals surface area contributed by atoms with Gasteiger partial charge in [-0.15, -0.1) is 0 Å². The number of hydrogen-bond donors (Lipinski definition) is 0. The largest absolute Gasteiger partial charge is 0.466 e. The lowest BCUT2D eigenvalue weighted by Gasteiger charge is -2.38. The summed E-state index contributed by atoms with van der Waals surface area (Å²) < 4.78 is 37.9. The van der Waals surface area contributed by atoms with Crippen LogP contribution in [0.25, 0.3) is 16.8 Å². The average Bonchev–Trinajstić information content (AvgIpc) is 3.24. The van der Waals surface area contributed by atoms with E-state index in [9.17, 15) is 13.6 Å². The summed E-state index contributed by atoms with van der Waals surface area (Å²) in [7, 11) is 0. The molecule has 1 aromatic carbocycles. The summed E-state index contributed by atoms with van der Waals surface area (Å²) in [5, 5.41) is 0. The number of para-hydroxylation sites is 1. The summed E-state index contributed by atoms with van der Waals surface area (Å²) in [5.41, 5.74) is 4.64. The number of fused-ring (bicyclic) bond motifs is 1. The Morgan fingerprint density at radius 3 is 2.51 bits per heavy atom. The van der Waals surface area contributed by atoms with E-state index < -0.39 is 12.0 Å². The molecule has 0 radical (unpaired) electrons. The quantitative estimate of drug-likeness (QED) is 0.256. The molecule has 1 fully saturated rings. The van der Waals surface area contributed by atoms with Crippen LogP contribution in [-0.4, -0.2) is 46.6 Å². The van der Waals surface area contributed by atoms with Crippen molar-refractivity contribution in [2.75, 3.05) is 24.6 Å². The minimum Gasteiger partial charge on any atom is -0.466 e. The van der Waals surface area contributed by atoms with Gasteiger partial charge in [-0.25, -0.2) is 9.97 Å². The Bertz CT molecular complexity index is 1460. The van der Waals surface area contributed by atoms with Gasteiger partial charge in [0.15, 0.2) is 0 Å². The van der Waals surface area contributed by atoms with Crippen LogP contribution in [0, 0.1) is 12.3 Å². The lowest BCUT2D eigenvalue weighted by Crippen LogP contribution is -2.43. The summed E-state index contributed by atoms with van der Waals surface area (Å²) in [6, 6.07) is 14.8. The number of aryl methyl sites for hydroxylation is 1. The smallest absolute Gasteiger partial charge is 0.387 e. The predicted molar refractivity (Wildman–Crippen MR) is 145 cm³/mol. The van der Waals surface area contributed by atoms with E-state index in [4.69, 9.17) is 14.5 Å². The second kappa shape index (κ2) is 11.0. The van der Waals surface area contributed by atoms with Crippen LogP contribution in [0.1, 0.15) is 43.6 Å². The zero-order chi connectivity index (χ0) is 27.6. The van der Waals surface area contributed by atoms with Crippen molar-refractivity contribution in [2.45, 2.75) is 46.6 Å². The number of pyridine rings is 2. The topological polar surface area (TPSA) is 69.0 Å². The minimum absolute atomic E-state index is 0.123. The van der Waals surface area contributed by atoms with Crippen molar-refractivity contribution in [3.05, 3.63) is 77.9 Å². The van der Waals surface area contributed by atoms with Crippen LogP contribution in [0.4, 0.5) is 14.6 Å². The maximum Gasteiger partial charge on any atom is 0.387 e. The van der Waals surface area contributed by atoms with Gasteiger partial charge in [0.05, 0.1) is 17.7 Å². The number of halogens is 2. The van der Waals surface area contributed by atoms with Crippen LogP contribution < -0.4 is 9.64 Å². The van der Waals surface area contributed by atoms with Gasteiger partial charge in [-0.1, -0.05) is 18.2 Å². The van der Waals surface area contributed by atoms with Gasteiger partial charge in [0.1, 0.15) is 17.2 Å². The number of alkyl halides is 2. The number of carbonyl (C=O) groups is 1. The monoisotopic (exact) mass is 534 g/mol. The van der Waals surface area contributed by atoms with E-state index >= 15 is 0 Å². The molecule has 0 saturated carbocycles. The molecular weight excluding hydrogens is 502 g/mol. The number of anilines is 1. The van der Waals surface area contributed by atoms with Gasteiger partial charge in [-0.05, 0) is 63.9 Å². The Balaban J connectivity index is 1.35. The highest BCUT2D eigenvalue weighted by Crippen LogP contribution is 2.34. The third-order valence-electron chi connectivity index (χ3n) is 7.50. The number of ether oxygens (including phenoxy) is 2. The number of rotatable bonds is 8.